The minimum Gasteiger partial charge on any atom is -0.489 e. The summed E-state index contributed by atoms with van der Waals surface area (Å²) in [5.74, 6) is 0.584. The monoisotopic (exact) mass is 300 g/mol. The second-order valence-corrected chi connectivity index (χ2v) is 4.80. The molecule has 0 aromatic heterocycles. The molecule has 0 saturated carbocycles. The molecule has 0 saturated heterocycles. The Balaban J connectivity index is 2.02. The molecule has 0 aliphatic carbocycles. The molecule has 0 spiro atoms. The van der Waals surface area contributed by atoms with Crippen LogP contribution in [0.5, 0.6) is 5.75 Å². The highest BCUT2D eigenvalue weighted by Crippen LogP contribution is 2.29. The molecule has 5 heteroatoms. The first-order valence-electron chi connectivity index (χ1n) is 5.91. The van der Waals surface area contributed by atoms with E-state index in [2.05, 4.69) is 0 Å². The number of hydrogen-bond acceptors (Lipinski definition) is 1. The van der Waals surface area contributed by atoms with E-state index in [0.29, 0.717) is 16.3 Å². The zero-order valence-corrected chi connectivity index (χ0v) is 11.4. The predicted octanol–water partition coefficient (Wildman–Crippen LogP) is 5.25. The van der Waals surface area contributed by atoms with E-state index < -0.39 is 11.7 Å². The highest BCUT2D eigenvalue weighted by molar-refractivity contribution is 6.31. The lowest BCUT2D eigenvalue weighted by molar-refractivity contribution is -0.137. The van der Waals surface area contributed by atoms with Crippen molar-refractivity contribution in [3.63, 3.8) is 0 Å². The van der Waals surface area contributed by atoms with Crippen LogP contribution in [-0.4, -0.2) is 0 Å². The Morgan fingerprint density at radius 3 is 2.25 bits per heavy atom. The molecule has 0 amide bonds. The van der Waals surface area contributed by atoms with Crippen LogP contribution in [0.4, 0.5) is 13.2 Å². The molecule has 0 aliphatic heterocycles. The topological polar surface area (TPSA) is 9.23 Å². The number of benzene rings is 2. The molecule has 0 unspecified atom stereocenters. The van der Waals surface area contributed by atoms with Gasteiger partial charge in [-0.15, -0.1) is 0 Å². The van der Waals surface area contributed by atoms with E-state index >= 15 is 0 Å². The lowest BCUT2D eigenvalue weighted by atomic mass is 10.1. The van der Waals surface area contributed by atoms with Gasteiger partial charge in [-0.3, -0.25) is 0 Å². The molecule has 0 N–H and O–H groups in total. The maximum Gasteiger partial charge on any atom is 0.416 e. The van der Waals surface area contributed by atoms with E-state index in [1.165, 1.54) is 12.1 Å². The van der Waals surface area contributed by atoms with Crippen molar-refractivity contribution in [2.75, 3.05) is 0 Å². The van der Waals surface area contributed by atoms with Gasteiger partial charge in [-0.25, -0.2) is 0 Å². The molecule has 106 valence electrons. The van der Waals surface area contributed by atoms with E-state index in [4.69, 9.17) is 16.3 Å². The van der Waals surface area contributed by atoms with Gasteiger partial charge in [-0.05, 0) is 42.3 Å². The van der Waals surface area contributed by atoms with Gasteiger partial charge in [0.2, 0.25) is 0 Å². The van der Waals surface area contributed by atoms with Crippen molar-refractivity contribution < 1.29 is 17.9 Å². The summed E-state index contributed by atoms with van der Waals surface area (Å²) in [6, 6.07) is 10.2. The smallest absolute Gasteiger partial charge is 0.416 e. The van der Waals surface area contributed by atoms with Crippen molar-refractivity contribution in [1.82, 2.24) is 0 Å². The van der Waals surface area contributed by atoms with Gasteiger partial charge in [0.05, 0.1) is 5.56 Å². The molecular weight excluding hydrogens is 289 g/mol. The Kier molecular flexibility index (Phi) is 4.23. The van der Waals surface area contributed by atoms with Crippen LogP contribution in [-0.2, 0) is 12.8 Å². The summed E-state index contributed by atoms with van der Waals surface area (Å²) >= 11 is 5.96. The van der Waals surface area contributed by atoms with Crippen LogP contribution >= 0.6 is 11.6 Å². The average molecular weight is 301 g/mol. The van der Waals surface area contributed by atoms with Crippen LogP contribution in [0.15, 0.2) is 42.5 Å². The van der Waals surface area contributed by atoms with E-state index in [0.717, 1.165) is 17.7 Å². The summed E-state index contributed by atoms with van der Waals surface area (Å²) in [7, 11) is 0. The van der Waals surface area contributed by atoms with Crippen molar-refractivity contribution in [3.8, 4) is 5.75 Å². The molecule has 2 aromatic rings. The van der Waals surface area contributed by atoms with Gasteiger partial charge in [0, 0.05) is 5.02 Å². The number of aryl methyl sites for hydroxylation is 1. The molecule has 0 atom stereocenters. The molecule has 20 heavy (non-hydrogen) atoms. The fourth-order valence-corrected chi connectivity index (χ4v) is 1.79. The van der Waals surface area contributed by atoms with Crippen molar-refractivity contribution >= 4 is 11.6 Å². The Bertz CT molecular complexity index is 591. The number of hydrogen-bond donors (Lipinski definition) is 0. The van der Waals surface area contributed by atoms with Gasteiger partial charge in [-0.1, -0.05) is 29.8 Å². The molecule has 2 aromatic carbocycles. The average Bonchev–Trinajstić information content (AvgIpc) is 2.40. The molecule has 0 radical (unpaired) electrons. The SMILES string of the molecule is Cc1ccc(OCc2ccc(C(F)(F)F)cc2)cc1Cl. The predicted molar refractivity (Wildman–Crippen MR) is 72.0 cm³/mol. The zero-order chi connectivity index (χ0) is 14.8. The quantitative estimate of drug-likeness (QED) is 0.752. The van der Waals surface area contributed by atoms with Gasteiger partial charge in [-0.2, -0.15) is 13.2 Å². The minimum absolute atomic E-state index is 0.192. The lowest BCUT2D eigenvalue weighted by Crippen LogP contribution is -2.05. The number of alkyl halides is 3. The summed E-state index contributed by atoms with van der Waals surface area (Å²) in [5, 5.41) is 0.593. The third-order valence-corrected chi connectivity index (χ3v) is 3.24. The van der Waals surface area contributed by atoms with Crippen LogP contribution in [0.2, 0.25) is 5.02 Å². The van der Waals surface area contributed by atoms with Crippen molar-refractivity contribution in [2.45, 2.75) is 19.7 Å². The minimum atomic E-state index is -4.32. The fraction of sp³-hybridized carbons (Fsp3) is 0.200. The van der Waals surface area contributed by atoms with Crippen LogP contribution in [0.3, 0.4) is 0 Å². The summed E-state index contributed by atoms with van der Waals surface area (Å²) in [6.07, 6.45) is -4.32. The van der Waals surface area contributed by atoms with E-state index in [9.17, 15) is 13.2 Å². The number of halogens is 4. The zero-order valence-electron chi connectivity index (χ0n) is 10.7. The summed E-state index contributed by atoms with van der Waals surface area (Å²) in [4.78, 5) is 0. The Morgan fingerprint density at radius 2 is 1.70 bits per heavy atom. The molecule has 2 rings (SSSR count). The first-order chi connectivity index (χ1) is 9.36. The number of ether oxygens (including phenoxy) is 1. The normalized spacial score (nSPS) is 11.4. The third-order valence-electron chi connectivity index (χ3n) is 2.83. The molecule has 0 heterocycles. The fourth-order valence-electron chi connectivity index (χ4n) is 1.62. The van der Waals surface area contributed by atoms with Gasteiger partial charge in [0.1, 0.15) is 12.4 Å². The third kappa shape index (κ3) is 3.67. The van der Waals surface area contributed by atoms with Gasteiger partial charge in [0.25, 0.3) is 0 Å². The first kappa shape index (κ1) is 14.7. The highest BCUT2D eigenvalue weighted by atomic mass is 35.5. The maximum absolute atomic E-state index is 12.4. The second kappa shape index (κ2) is 5.75. The van der Waals surface area contributed by atoms with Crippen molar-refractivity contribution in [2.24, 2.45) is 0 Å². The summed E-state index contributed by atoms with van der Waals surface area (Å²) in [6.45, 7) is 2.07. The van der Waals surface area contributed by atoms with Crippen LogP contribution in [0, 0.1) is 6.92 Å². The highest BCUT2D eigenvalue weighted by Gasteiger charge is 2.29. The Hall–Kier alpha value is -1.68. The standard InChI is InChI=1S/C15H12ClF3O/c1-10-2-7-13(8-14(10)16)20-9-11-3-5-12(6-4-11)15(17,18)19/h2-8H,9H2,1H3. The summed E-state index contributed by atoms with van der Waals surface area (Å²) in [5.41, 5.74) is 0.933. The summed E-state index contributed by atoms with van der Waals surface area (Å²) < 4.78 is 42.7. The maximum atomic E-state index is 12.4. The van der Waals surface area contributed by atoms with Crippen LogP contribution < -0.4 is 4.74 Å². The van der Waals surface area contributed by atoms with Gasteiger partial charge >= 0.3 is 6.18 Å². The van der Waals surface area contributed by atoms with Crippen molar-refractivity contribution in [1.29, 1.82) is 0 Å². The van der Waals surface area contributed by atoms with Crippen molar-refractivity contribution in [3.05, 3.63) is 64.2 Å². The Labute approximate surface area is 119 Å². The Morgan fingerprint density at radius 1 is 1.05 bits per heavy atom. The first-order valence-corrected chi connectivity index (χ1v) is 6.29. The van der Waals surface area contributed by atoms with Gasteiger partial charge in [0.15, 0.2) is 0 Å². The van der Waals surface area contributed by atoms with E-state index in [1.54, 1.807) is 12.1 Å². The molecule has 0 fully saturated rings. The van der Waals surface area contributed by atoms with Crippen LogP contribution in [0.1, 0.15) is 16.7 Å². The lowest BCUT2D eigenvalue weighted by Gasteiger charge is -2.09. The largest absolute Gasteiger partial charge is 0.489 e. The van der Waals surface area contributed by atoms with E-state index in [-0.39, 0.29) is 6.61 Å². The molecule has 0 bridgehead atoms. The molecular formula is C15H12ClF3O. The van der Waals surface area contributed by atoms with Crippen LogP contribution in [0.25, 0.3) is 0 Å². The van der Waals surface area contributed by atoms with Gasteiger partial charge < -0.3 is 4.74 Å². The molecule has 0 aliphatic rings. The number of rotatable bonds is 3. The molecule has 1 nitrogen and oxygen atoms in total. The second-order valence-electron chi connectivity index (χ2n) is 4.39. The van der Waals surface area contributed by atoms with E-state index in [1.807, 2.05) is 13.0 Å².